The van der Waals surface area contributed by atoms with Crippen molar-refractivity contribution in [1.82, 2.24) is 0 Å². The first-order chi connectivity index (χ1) is 17.8. The molecule has 2 aliphatic rings. The van der Waals surface area contributed by atoms with Crippen molar-refractivity contribution in [3.8, 4) is 0 Å². The number of rotatable bonds is 17. The number of unbranched alkanes of at least 4 members (excludes halogenated alkanes) is 2. The van der Waals surface area contributed by atoms with Crippen molar-refractivity contribution in [3.63, 3.8) is 0 Å². The van der Waals surface area contributed by atoms with Gasteiger partial charge in [-0.3, -0.25) is 0 Å². The predicted molar refractivity (Wildman–Crippen MR) is 164 cm³/mol. The van der Waals surface area contributed by atoms with Crippen molar-refractivity contribution in [2.24, 2.45) is 0 Å². The molecular weight excluding hydrogens is 509 g/mol. The number of hydrogen-bond acceptors (Lipinski definition) is 5. The van der Waals surface area contributed by atoms with Crippen molar-refractivity contribution in [3.05, 3.63) is 23.8 Å². The minimum absolute atomic E-state index is 0.0113. The molecular formula is C31H58O5Si2. The van der Waals surface area contributed by atoms with Gasteiger partial charge in [0.2, 0.25) is 0 Å². The Balaban J connectivity index is 1.73. The minimum Gasteiger partial charge on any atom is -0.455 e. The highest BCUT2D eigenvalue weighted by Gasteiger charge is 2.39. The Bertz CT molecular complexity index is 773. The van der Waals surface area contributed by atoms with E-state index >= 15 is 0 Å². The average molecular weight is 567 g/mol. The van der Waals surface area contributed by atoms with Crippen LogP contribution in [-0.4, -0.2) is 53.6 Å². The van der Waals surface area contributed by atoms with E-state index in [0.717, 1.165) is 37.9 Å². The number of allylic oxidation sites excluding steroid dienone is 1. The summed E-state index contributed by atoms with van der Waals surface area (Å²) in [6.07, 6.45) is 15.4. The number of hydrogen-bond donors (Lipinski definition) is 0. The third kappa shape index (κ3) is 10.3. The molecule has 0 saturated carbocycles. The molecule has 7 heteroatoms. The summed E-state index contributed by atoms with van der Waals surface area (Å²) in [6.45, 7) is 20.9. The summed E-state index contributed by atoms with van der Waals surface area (Å²) < 4.78 is 24.8. The fourth-order valence-corrected chi connectivity index (χ4v) is 9.25. The average Bonchev–Trinajstić information content (AvgIpc) is 3.43. The van der Waals surface area contributed by atoms with Gasteiger partial charge in [-0.05, 0) is 87.8 Å². The molecule has 0 aromatic rings. The molecule has 4 atom stereocenters. The molecule has 0 bridgehead atoms. The Kier molecular flexibility index (Phi) is 13.5. The summed E-state index contributed by atoms with van der Waals surface area (Å²) in [4.78, 5) is 12.2. The normalized spacial score (nSPS) is 23.8. The molecule has 2 aliphatic heterocycles. The molecule has 2 heterocycles. The molecule has 1 saturated heterocycles. The summed E-state index contributed by atoms with van der Waals surface area (Å²) >= 11 is 0. The van der Waals surface area contributed by atoms with Crippen molar-refractivity contribution in [2.75, 3.05) is 6.61 Å². The van der Waals surface area contributed by atoms with Gasteiger partial charge in [0.1, 0.15) is 6.10 Å². The van der Waals surface area contributed by atoms with E-state index in [2.05, 4.69) is 66.8 Å². The molecule has 2 rings (SSSR count). The van der Waals surface area contributed by atoms with Gasteiger partial charge in [-0.2, -0.15) is 0 Å². The second-order valence-corrected chi connectivity index (χ2v) is 22.5. The minimum atomic E-state index is -1.94. The fraction of sp³-hybridized carbons (Fsp3) is 0.839. The summed E-state index contributed by atoms with van der Waals surface area (Å²) in [6, 6.07) is 3.61. The van der Waals surface area contributed by atoms with Gasteiger partial charge in [0.05, 0.1) is 24.9 Å². The van der Waals surface area contributed by atoms with Gasteiger partial charge in [0.15, 0.2) is 16.6 Å². The van der Waals surface area contributed by atoms with E-state index < -0.39 is 16.6 Å². The number of ether oxygens (including phenoxy) is 2. The Labute approximate surface area is 236 Å². The molecule has 1 fully saturated rings. The lowest BCUT2D eigenvalue weighted by atomic mass is 10.0. The van der Waals surface area contributed by atoms with E-state index in [1.165, 1.54) is 37.4 Å². The van der Waals surface area contributed by atoms with Crippen LogP contribution in [0.25, 0.3) is 0 Å². The largest absolute Gasteiger partial charge is 0.455 e. The molecule has 5 nitrogen and oxygen atoms in total. The maximum absolute atomic E-state index is 12.2. The van der Waals surface area contributed by atoms with E-state index in [1.54, 1.807) is 0 Å². The monoisotopic (exact) mass is 566 g/mol. The van der Waals surface area contributed by atoms with E-state index in [9.17, 15) is 4.79 Å². The summed E-state index contributed by atoms with van der Waals surface area (Å²) in [7, 11) is -3.46. The lowest BCUT2D eigenvalue weighted by Crippen LogP contribution is -2.44. The molecule has 0 aromatic heterocycles. The Hall–Kier alpha value is -0.736. The molecule has 0 radical (unpaired) electrons. The van der Waals surface area contributed by atoms with Gasteiger partial charge in [0.25, 0.3) is 0 Å². The molecule has 0 unspecified atom stereocenters. The zero-order chi connectivity index (χ0) is 28.4. The van der Waals surface area contributed by atoms with Gasteiger partial charge in [0, 0.05) is 12.0 Å². The van der Waals surface area contributed by atoms with Crippen molar-refractivity contribution in [1.29, 1.82) is 0 Å². The zero-order valence-electron chi connectivity index (χ0n) is 26.1. The number of carbonyl (C=O) groups is 1. The highest BCUT2D eigenvalue weighted by atomic mass is 28.4. The molecule has 38 heavy (non-hydrogen) atoms. The van der Waals surface area contributed by atoms with Crippen molar-refractivity contribution >= 4 is 22.6 Å². The fourth-order valence-electron chi connectivity index (χ4n) is 5.23. The van der Waals surface area contributed by atoms with E-state index in [1.807, 2.05) is 13.0 Å². The van der Waals surface area contributed by atoms with E-state index in [4.69, 9.17) is 18.3 Å². The highest BCUT2D eigenvalue weighted by molar-refractivity contribution is 6.74. The van der Waals surface area contributed by atoms with Gasteiger partial charge >= 0.3 is 5.97 Å². The SMILES string of the molecule is CC[Si](CC)(CC)OC[C@@H]1CC[C@@H](CCCC/C=C/C[C@H](CC2=C[C@H](C)OC2=O)O[Si](C)(C)C(C)(C)C)O1. The third-order valence-electron chi connectivity index (χ3n) is 9.12. The van der Waals surface area contributed by atoms with Crippen LogP contribution in [0.4, 0.5) is 0 Å². The van der Waals surface area contributed by atoms with Gasteiger partial charge in [-0.15, -0.1) is 0 Å². The molecule has 0 aromatic carbocycles. The molecule has 0 amide bonds. The van der Waals surface area contributed by atoms with Crippen LogP contribution in [0.1, 0.15) is 99.8 Å². The quantitative estimate of drug-likeness (QED) is 0.0762. The van der Waals surface area contributed by atoms with Crippen LogP contribution in [0, 0.1) is 0 Å². The molecule has 0 aliphatic carbocycles. The van der Waals surface area contributed by atoms with Crippen LogP contribution >= 0.6 is 0 Å². The standard InChI is InChI=1S/C31H58O5Si2/c1-10-38(11-2,12-3)33-24-29-21-20-27(35-29)18-16-14-13-15-17-19-28(36-37(8,9)31(5,6)7)23-26-22-25(4)34-30(26)32/h15,17,22,25,27-29H,10-14,16,18-21,23-24H2,1-9H3/b17-15+/t25-,27+,28+,29-/m0/s1. The van der Waals surface area contributed by atoms with Gasteiger partial charge < -0.3 is 18.3 Å². The van der Waals surface area contributed by atoms with Crippen LogP contribution in [0.15, 0.2) is 23.8 Å². The van der Waals surface area contributed by atoms with Gasteiger partial charge in [-0.1, -0.05) is 60.1 Å². The third-order valence-corrected chi connectivity index (χ3v) is 18.3. The summed E-state index contributed by atoms with van der Waals surface area (Å²) in [5.41, 5.74) is 0.766. The first-order valence-corrected chi connectivity index (χ1v) is 20.8. The van der Waals surface area contributed by atoms with Crippen molar-refractivity contribution in [2.45, 2.75) is 161 Å². The maximum atomic E-state index is 12.2. The smallest absolute Gasteiger partial charge is 0.334 e. The van der Waals surface area contributed by atoms with Crippen LogP contribution in [0.5, 0.6) is 0 Å². The maximum Gasteiger partial charge on any atom is 0.334 e. The lowest BCUT2D eigenvalue weighted by molar-refractivity contribution is -0.139. The molecule has 0 spiro atoms. The predicted octanol–water partition coefficient (Wildman–Crippen LogP) is 8.71. The number of esters is 1. The van der Waals surface area contributed by atoms with Crippen molar-refractivity contribution < 1.29 is 23.1 Å². The number of carbonyl (C=O) groups excluding carboxylic acids is 1. The van der Waals surface area contributed by atoms with Crippen LogP contribution < -0.4 is 0 Å². The second-order valence-electron chi connectivity index (χ2n) is 13.0. The topological polar surface area (TPSA) is 54.0 Å². The Morgan fingerprint density at radius 1 is 1.05 bits per heavy atom. The zero-order valence-corrected chi connectivity index (χ0v) is 28.1. The van der Waals surface area contributed by atoms with Crippen LogP contribution in [-0.2, 0) is 23.1 Å². The first kappa shape index (κ1) is 33.5. The molecule has 0 N–H and O–H groups in total. The van der Waals surface area contributed by atoms with E-state index in [-0.39, 0.29) is 23.2 Å². The highest BCUT2D eigenvalue weighted by Crippen LogP contribution is 2.38. The first-order valence-electron chi connectivity index (χ1n) is 15.4. The second kappa shape index (κ2) is 15.3. The summed E-state index contributed by atoms with van der Waals surface area (Å²) in [5.74, 6) is -0.185. The van der Waals surface area contributed by atoms with Crippen LogP contribution in [0.2, 0.25) is 36.3 Å². The molecule has 220 valence electrons. The van der Waals surface area contributed by atoms with Gasteiger partial charge in [-0.25, -0.2) is 4.79 Å². The van der Waals surface area contributed by atoms with Crippen LogP contribution in [0.3, 0.4) is 0 Å². The Morgan fingerprint density at radius 3 is 2.29 bits per heavy atom. The lowest BCUT2D eigenvalue weighted by Gasteiger charge is -2.39. The number of cyclic esters (lactones) is 1. The Morgan fingerprint density at radius 2 is 1.71 bits per heavy atom. The van der Waals surface area contributed by atoms with E-state index in [0.29, 0.717) is 18.6 Å². The summed E-state index contributed by atoms with van der Waals surface area (Å²) in [5, 5.41) is 0.132.